The number of nitrogens with zero attached hydrogens (tertiary/aromatic N) is 3. The zero-order chi connectivity index (χ0) is 9.80. The molecule has 1 fully saturated rings. The summed E-state index contributed by atoms with van der Waals surface area (Å²) in [5.74, 6) is 1.49. The zero-order valence-corrected chi connectivity index (χ0v) is 8.53. The third kappa shape index (κ3) is 2.23. The van der Waals surface area contributed by atoms with Gasteiger partial charge in [-0.25, -0.2) is 4.99 Å². The average molecular weight is 195 g/mol. The Kier molecular flexibility index (Phi) is 2.98. The van der Waals surface area contributed by atoms with Crippen LogP contribution in [0.2, 0.25) is 0 Å². The van der Waals surface area contributed by atoms with Crippen LogP contribution in [0.1, 0.15) is 6.42 Å². The second kappa shape index (κ2) is 4.41. The summed E-state index contributed by atoms with van der Waals surface area (Å²) in [5, 5.41) is 6.52. The minimum absolute atomic E-state index is 0.728. The monoisotopic (exact) mass is 195 g/mol. The highest BCUT2D eigenvalue weighted by Gasteiger charge is 2.18. The molecule has 14 heavy (non-hydrogen) atoms. The minimum atomic E-state index is 0.728. The number of hydrogen-bond donors (Lipinski definition) is 2. The molecule has 2 aliphatic rings. The van der Waals surface area contributed by atoms with E-state index in [9.17, 15) is 0 Å². The lowest BCUT2D eigenvalue weighted by Gasteiger charge is -2.26. The van der Waals surface area contributed by atoms with Crippen LogP contribution in [-0.2, 0) is 0 Å². The van der Waals surface area contributed by atoms with Gasteiger partial charge >= 0.3 is 0 Å². The molecule has 1 unspecified atom stereocenters. The SMILES string of the molecule is CN=C1N=CN(CC2CCNC2)CN1. The second-order valence-electron chi connectivity index (χ2n) is 3.76. The molecule has 1 saturated heterocycles. The fraction of sp³-hybridized carbons (Fsp3) is 0.778. The molecule has 2 heterocycles. The van der Waals surface area contributed by atoms with Gasteiger partial charge in [-0.15, -0.1) is 0 Å². The van der Waals surface area contributed by atoms with Crippen molar-refractivity contribution in [2.45, 2.75) is 6.42 Å². The normalized spacial score (nSPS) is 29.6. The molecular weight excluding hydrogens is 178 g/mol. The fourth-order valence-electron chi connectivity index (χ4n) is 1.85. The summed E-state index contributed by atoms with van der Waals surface area (Å²) in [4.78, 5) is 10.4. The number of hydrogen-bond acceptors (Lipinski definition) is 3. The van der Waals surface area contributed by atoms with Crippen LogP contribution < -0.4 is 10.6 Å². The molecule has 2 aliphatic heterocycles. The van der Waals surface area contributed by atoms with E-state index >= 15 is 0 Å². The van der Waals surface area contributed by atoms with Crippen LogP contribution in [0.3, 0.4) is 0 Å². The van der Waals surface area contributed by atoms with Gasteiger partial charge in [0.05, 0.1) is 13.0 Å². The van der Waals surface area contributed by atoms with Crippen molar-refractivity contribution in [1.82, 2.24) is 15.5 Å². The first kappa shape index (κ1) is 9.45. The highest BCUT2D eigenvalue weighted by Crippen LogP contribution is 2.08. The van der Waals surface area contributed by atoms with Gasteiger partial charge in [-0.3, -0.25) is 4.99 Å². The number of nitrogens with one attached hydrogen (secondary N) is 2. The van der Waals surface area contributed by atoms with Crippen LogP contribution in [-0.4, -0.2) is 50.5 Å². The lowest BCUT2D eigenvalue weighted by molar-refractivity contribution is 0.348. The van der Waals surface area contributed by atoms with E-state index in [1.54, 1.807) is 7.05 Å². The van der Waals surface area contributed by atoms with Crippen molar-refractivity contribution in [3.8, 4) is 0 Å². The van der Waals surface area contributed by atoms with Gasteiger partial charge in [-0.1, -0.05) is 0 Å². The molecule has 0 aromatic heterocycles. The summed E-state index contributed by atoms with van der Waals surface area (Å²) in [5.41, 5.74) is 0. The molecule has 0 bridgehead atoms. The molecule has 0 amide bonds. The van der Waals surface area contributed by atoms with Crippen molar-refractivity contribution in [2.24, 2.45) is 15.9 Å². The van der Waals surface area contributed by atoms with E-state index in [1.807, 2.05) is 6.34 Å². The molecule has 2 rings (SSSR count). The number of guanidine groups is 1. The third-order valence-electron chi connectivity index (χ3n) is 2.65. The Balaban J connectivity index is 1.82. The van der Waals surface area contributed by atoms with E-state index in [2.05, 4.69) is 25.5 Å². The highest BCUT2D eigenvalue weighted by atomic mass is 15.3. The molecule has 5 heteroatoms. The lowest BCUT2D eigenvalue weighted by Crippen LogP contribution is -2.43. The van der Waals surface area contributed by atoms with Crippen LogP contribution in [0.15, 0.2) is 9.98 Å². The van der Waals surface area contributed by atoms with E-state index < -0.39 is 0 Å². The molecule has 0 radical (unpaired) electrons. The first-order valence-electron chi connectivity index (χ1n) is 5.08. The summed E-state index contributed by atoms with van der Waals surface area (Å²) < 4.78 is 0. The maximum atomic E-state index is 4.19. The fourth-order valence-corrected chi connectivity index (χ4v) is 1.85. The summed E-state index contributed by atoms with van der Waals surface area (Å²) in [7, 11) is 1.75. The Labute approximate surface area is 84.3 Å². The minimum Gasteiger partial charge on any atom is -0.345 e. The maximum absolute atomic E-state index is 4.19. The van der Waals surface area contributed by atoms with E-state index in [0.29, 0.717) is 0 Å². The van der Waals surface area contributed by atoms with Gasteiger partial charge in [-0.2, -0.15) is 0 Å². The molecule has 0 aliphatic carbocycles. The largest absolute Gasteiger partial charge is 0.345 e. The predicted octanol–water partition coefficient (Wildman–Crippen LogP) is -0.527. The predicted molar refractivity (Wildman–Crippen MR) is 57.5 cm³/mol. The van der Waals surface area contributed by atoms with Crippen molar-refractivity contribution >= 4 is 12.3 Å². The Morgan fingerprint density at radius 3 is 3.21 bits per heavy atom. The Hall–Kier alpha value is -1.10. The van der Waals surface area contributed by atoms with Gasteiger partial charge in [0, 0.05) is 13.6 Å². The molecule has 0 aromatic rings. The van der Waals surface area contributed by atoms with E-state index in [0.717, 1.165) is 38.2 Å². The summed E-state index contributed by atoms with van der Waals surface area (Å²) in [6.07, 6.45) is 3.16. The van der Waals surface area contributed by atoms with Gasteiger partial charge in [0.15, 0.2) is 0 Å². The quantitative estimate of drug-likeness (QED) is 0.623. The van der Waals surface area contributed by atoms with Crippen molar-refractivity contribution in [3.63, 3.8) is 0 Å². The van der Waals surface area contributed by atoms with Gasteiger partial charge in [-0.05, 0) is 25.4 Å². The van der Waals surface area contributed by atoms with E-state index in [4.69, 9.17) is 0 Å². The van der Waals surface area contributed by atoms with Crippen LogP contribution in [0.5, 0.6) is 0 Å². The maximum Gasteiger partial charge on any atom is 0.220 e. The zero-order valence-electron chi connectivity index (χ0n) is 8.53. The molecule has 0 aromatic carbocycles. The summed E-state index contributed by atoms with van der Waals surface area (Å²) in [6.45, 7) is 4.21. The van der Waals surface area contributed by atoms with Gasteiger partial charge in [0.1, 0.15) is 0 Å². The topological polar surface area (TPSA) is 52.0 Å². The molecule has 5 nitrogen and oxygen atoms in total. The van der Waals surface area contributed by atoms with Gasteiger partial charge in [0.25, 0.3) is 0 Å². The van der Waals surface area contributed by atoms with Crippen molar-refractivity contribution in [1.29, 1.82) is 0 Å². The molecule has 1 atom stereocenters. The molecule has 2 N–H and O–H groups in total. The Morgan fingerprint density at radius 1 is 1.71 bits per heavy atom. The van der Waals surface area contributed by atoms with Crippen LogP contribution in [0.4, 0.5) is 0 Å². The molecular formula is C9H17N5. The van der Waals surface area contributed by atoms with Crippen LogP contribution in [0.25, 0.3) is 0 Å². The first-order chi connectivity index (χ1) is 6.88. The Bertz CT molecular complexity index is 242. The lowest BCUT2D eigenvalue weighted by atomic mass is 10.1. The third-order valence-corrected chi connectivity index (χ3v) is 2.65. The Morgan fingerprint density at radius 2 is 2.64 bits per heavy atom. The smallest absolute Gasteiger partial charge is 0.220 e. The second-order valence-corrected chi connectivity index (χ2v) is 3.76. The first-order valence-corrected chi connectivity index (χ1v) is 5.08. The summed E-state index contributed by atoms with van der Waals surface area (Å²) >= 11 is 0. The highest BCUT2D eigenvalue weighted by molar-refractivity contribution is 5.88. The average Bonchev–Trinajstić information content (AvgIpc) is 2.72. The molecule has 0 spiro atoms. The molecule has 78 valence electrons. The van der Waals surface area contributed by atoms with Crippen LogP contribution in [0, 0.1) is 5.92 Å². The van der Waals surface area contributed by atoms with E-state index in [1.165, 1.54) is 6.42 Å². The number of rotatable bonds is 2. The summed E-state index contributed by atoms with van der Waals surface area (Å²) in [6, 6.07) is 0. The van der Waals surface area contributed by atoms with Crippen molar-refractivity contribution < 1.29 is 0 Å². The van der Waals surface area contributed by atoms with E-state index in [-0.39, 0.29) is 0 Å². The van der Waals surface area contributed by atoms with Crippen LogP contribution >= 0.6 is 0 Å². The molecule has 0 saturated carbocycles. The van der Waals surface area contributed by atoms with Gasteiger partial charge < -0.3 is 15.5 Å². The number of aliphatic imine (C=N–C) groups is 2. The standard InChI is InChI=1S/C9H17N5/c1-10-9-12-6-14(7-13-9)5-8-2-3-11-4-8/h6,8,11H,2-5,7H2,1H3,(H,10,13). The van der Waals surface area contributed by atoms with Crippen molar-refractivity contribution in [2.75, 3.05) is 33.4 Å². The van der Waals surface area contributed by atoms with Gasteiger partial charge in [0.2, 0.25) is 5.96 Å². The van der Waals surface area contributed by atoms with Crippen molar-refractivity contribution in [3.05, 3.63) is 0 Å².